The summed E-state index contributed by atoms with van der Waals surface area (Å²) in [6.07, 6.45) is 3.77. The lowest BCUT2D eigenvalue weighted by Crippen LogP contribution is -2.37. The van der Waals surface area contributed by atoms with Crippen LogP contribution >= 0.6 is 0 Å². The van der Waals surface area contributed by atoms with Gasteiger partial charge < -0.3 is 29.0 Å². The minimum atomic E-state index is -3.11. The van der Waals surface area contributed by atoms with Crippen molar-refractivity contribution in [1.82, 2.24) is 9.71 Å². The first-order valence-electron chi connectivity index (χ1n) is 13.1. The number of pyridine rings is 1. The molecule has 2 aromatic carbocycles. The van der Waals surface area contributed by atoms with Crippen LogP contribution in [0.5, 0.6) is 23.0 Å². The van der Waals surface area contributed by atoms with Gasteiger partial charge in [-0.2, -0.15) is 5.26 Å². The highest BCUT2D eigenvalue weighted by Gasteiger charge is 2.24. The molecule has 0 spiro atoms. The molecule has 1 aromatic heterocycles. The second-order valence-electron chi connectivity index (χ2n) is 9.58. The third kappa shape index (κ3) is 6.41. The van der Waals surface area contributed by atoms with Crippen LogP contribution in [0.1, 0.15) is 30.4 Å². The number of rotatable bonds is 9. The van der Waals surface area contributed by atoms with E-state index in [0.717, 1.165) is 12.8 Å². The van der Waals surface area contributed by atoms with Gasteiger partial charge in [0.1, 0.15) is 12.7 Å². The number of aromatic nitrogens is 1. The van der Waals surface area contributed by atoms with Crippen LogP contribution < -0.4 is 29.0 Å². The van der Waals surface area contributed by atoms with E-state index < -0.39 is 10.0 Å². The van der Waals surface area contributed by atoms with Crippen molar-refractivity contribution in [2.24, 2.45) is 5.92 Å². The Morgan fingerprint density at radius 3 is 2.78 bits per heavy atom. The summed E-state index contributed by atoms with van der Waals surface area (Å²) < 4.78 is 53.8. The third-order valence-corrected chi connectivity index (χ3v) is 8.27. The number of methoxy groups -OCH3 is 2. The van der Waals surface area contributed by atoms with E-state index >= 15 is 0 Å². The predicted octanol–water partition coefficient (Wildman–Crippen LogP) is 3.68. The van der Waals surface area contributed by atoms with Crippen LogP contribution in [0.2, 0.25) is 0 Å². The summed E-state index contributed by atoms with van der Waals surface area (Å²) in [7, 11) is 0.0225. The molecule has 0 bridgehead atoms. The van der Waals surface area contributed by atoms with Gasteiger partial charge in [-0.3, -0.25) is 4.98 Å². The molecule has 214 valence electrons. The minimum absolute atomic E-state index is 0.0556. The highest BCUT2D eigenvalue weighted by atomic mass is 32.2. The molecule has 0 amide bonds. The molecular formula is C29H30N4O7S. The summed E-state index contributed by atoms with van der Waals surface area (Å²) in [4.78, 5) is 4.48. The number of ether oxygens (including phenoxy) is 5. The van der Waals surface area contributed by atoms with Crippen molar-refractivity contribution >= 4 is 32.3 Å². The molecule has 2 N–H and O–H groups in total. The molecule has 3 aromatic rings. The van der Waals surface area contributed by atoms with Gasteiger partial charge in [-0.25, -0.2) is 13.1 Å². The Hall–Kier alpha value is -4.23. The summed E-state index contributed by atoms with van der Waals surface area (Å²) in [6.45, 7) is 1.25. The molecule has 5 rings (SSSR count). The maximum atomic E-state index is 11.6. The lowest BCUT2D eigenvalue weighted by molar-refractivity contribution is 0.174. The smallest absolute Gasteiger partial charge is 0.231 e. The van der Waals surface area contributed by atoms with Crippen molar-refractivity contribution in [1.29, 1.82) is 5.26 Å². The van der Waals surface area contributed by atoms with Crippen molar-refractivity contribution < 1.29 is 32.1 Å². The molecule has 1 unspecified atom stereocenters. The number of nitriles is 1. The van der Waals surface area contributed by atoms with Crippen LogP contribution in [0.15, 0.2) is 30.5 Å². The van der Waals surface area contributed by atoms with Crippen molar-refractivity contribution in [2.75, 3.05) is 51.8 Å². The number of nitrogens with zero attached hydrogens (tertiary/aromatic N) is 2. The molecule has 0 saturated carbocycles. The van der Waals surface area contributed by atoms with Gasteiger partial charge in [0.2, 0.25) is 16.8 Å². The van der Waals surface area contributed by atoms with Crippen LogP contribution in [-0.2, 0) is 14.8 Å². The Morgan fingerprint density at radius 1 is 1.17 bits per heavy atom. The van der Waals surface area contributed by atoms with E-state index in [1.807, 2.05) is 12.1 Å². The molecule has 3 heterocycles. The van der Waals surface area contributed by atoms with Gasteiger partial charge in [-0.15, -0.1) is 0 Å². The van der Waals surface area contributed by atoms with Gasteiger partial charge in [0.05, 0.1) is 47.5 Å². The zero-order valence-electron chi connectivity index (χ0n) is 22.8. The number of hydrogen-bond donors (Lipinski definition) is 2. The summed E-state index contributed by atoms with van der Waals surface area (Å²) in [6, 6.07) is 9.42. The van der Waals surface area contributed by atoms with Gasteiger partial charge in [0.25, 0.3) is 0 Å². The first kappa shape index (κ1) is 28.3. The summed E-state index contributed by atoms with van der Waals surface area (Å²) >= 11 is 0. The summed E-state index contributed by atoms with van der Waals surface area (Å²) in [5.74, 6) is 8.45. The van der Waals surface area contributed by atoms with Crippen LogP contribution in [0.25, 0.3) is 10.9 Å². The third-order valence-electron chi connectivity index (χ3n) is 6.89. The Labute approximate surface area is 238 Å². The summed E-state index contributed by atoms with van der Waals surface area (Å²) in [5.41, 5.74) is 2.78. The Bertz CT molecular complexity index is 1640. The highest BCUT2D eigenvalue weighted by molar-refractivity contribution is 7.89. The highest BCUT2D eigenvalue weighted by Crippen LogP contribution is 2.45. The second kappa shape index (κ2) is 12.5. The van der Waals surface area contributed by atoms with E-state index in [1.54, 1.807) is 26.4 Å². The average Bonchev–Trinajstić information content (AvgIpc) is 3.48. The molecule has 1 atom stereocenters. The van der Waals surface area contributed by atoms with Crippen molar-refractivity contribution in [2.45, 2.75) is 19.3 Å². The molecule has 0 radical (unpaired) electrons. The Kier molecular flexibility index (Phi) is 8.64. The number of sulfonamides is 1. The Balaban J connectivity index is 1.37. The van der Waals surface area contributed by atoms with E-state index in [4.69, 9.17) is 23.7 Å². The van der Waals surface area contributed by atoms with Crippen LogP contribution in [0.4, 0.5) is 11.4 Å². The fourth-order valence-corrected chi connectivity index (χ4v) is 6.04. The van der Waals surface area contributed by atoms with E-state index in [9.17, 15) is 13.7 Å². The molecular weight excluding hydrogens is 548 g/mol. The lowest BCUT2D eigenvalue weighted by atomic mass is 10.0. The zero-order chi connectivity index (χ0) is 28.8. The zero-order valence-corrected chi connectivity index (χ0v) is 23.6. The van der Waals surface area contributed by atoms with E-state index in [-0.39, 0.29) is 12.5 Å². The van der Waals surface area contributed by atoms with E-state index in [0.29, 0.717) is 88.5 Å². The topological polar surface area (TPSA) is 141 Å². The maximum Gasteiger partial charge on any atom is 0.231 e. The normalized spacial score (nSPS) is 16.9. The molecule has 11 nitrogen and oxygen atoms in total. The number of hydrogen-bond acceptors (Lipinski definition) is 10. The molecule has 2 aliphatic heterocycles. The standard InChI is InChI=1S/C29H30N4O7S/c1-36-10-4-6-20-7-8-23(29-28(20)39-18-40-29)33-27-21(15-30)17-31-24-14-26(25(37-2)13-22(24)27)38-11-3-5-19-9-12-41(34,35)32-16-19/h7-8,13-14,17,19,32H,3,5,9-12,16,18H2,1-2H3,(H,31,33). The molecule has 1 fully saturated rings. The van der Waals surface area contributed by atoms with Crippen molar-refractivity contribution in [3.8, 4) is 40.9 Å². The number of benzene rings is 2. The Morgan fingerprint density at radius 2 is 2.02 bits per heavy atom. The average molecular weight is 579 g/mol. The van der Waals surface area contributed by atoms with Crippen LogP contribution in [0, 0.1) is 29.1 Å². The van der Waals surface area contributed by atoms with E-state index in [1.165, 1.54) is 6.20 Å². The largest absolute Gasteiger partial charge is 0.493 e. The van der Waals surface area contributed by atoms with Crippen LogP contribution in [0.3, 0.4) is 0 Å². The minimum Gasteiger partial charge on any atom is -0.493 e. The van der Waals surface area contributed by atoms with Gasteiger partial charge in [-0.1, -0.05) is 11.8 Å². The molecule has 0 aliphatic carbocycles. The van der Waals surface area contributed by atoms with Gasteiger partial charge in [0.15, 0.2) is 23.0 Å². The number of anilines is 2. The van der Waals surface area contributed by atoms with Crippen molar-refractivity contribution in [3.63, 3.8) is 0 Å². The number of nitrogens with one attached hydrogen (secondary N) is 2. The van der Waals surface area contributed by atoms with E-state index in [2.05, 4.69) is 32.9 Å². The van der Waals surface area contributed by atoms with Crippen LogP contribution in [-0.4, -0.2) is 59.9 Å². The monoisotopic (exact) mass is 578 g/mol. The quantitative estimate of drug-likeness (QED) is 0.285. The fourth-order valence-electron chi connectivity index (χ4n) is 4.76. The molecule has 2 aliphatic rings. The summed E-state index contributed by atoms with van der Waals surface area (Å²) in [5, 5.41) is 13.9. The number of fused-ring (bicyclic) bond motifs is 2. The van der Waals surface area contributed by atoms with Gasteiger partial charge >= 0.3 is 0 Å². The molecule has 12 heteroatoms. The van der Waals surface area contributed by atoms with Crippen molar-refractivity contribution in [3.05, 3.63) is 41.6 Å². The lowest BCUT2D eigenvalue weighted by Gasteiger charge is -2.22. The first-order valence-corrected chi connectivity index (χ1v) is 14.8. The SMILES string of the molecule is COCC#Cc1ccc(Nc2c(C#N)cnc3cc(OCCCC4CCS(=O)(=O)NC4)c(OC)cc23)c2c1OCO2. The first-order chi connectivity index (χ1) is 19.9. The molecule has 41 heavy (non-hydrogen) atoms. The maximum absolute atomic E-state index is 11.6. The van der Waals surface area contributed by atoms with Gasteiger partial charge in [-0.05, 0) is 43.4 Å². The van der Waals surface area contributed by atoms with Gasteiger partial charge in [0, 0.05) is 31.3 Å². The fraction of sp³-hybridized carbons (Fsp3) is 0.379. The second-order valence-corrected chi connectivity index (χ2v) is 11.5. The predicted molar refractivity (Wildman–Crippen MR) is 152 cm³/mol. The molecule has 1 saturated heterocycles.